The van der Waals surface area contributed by atoms with Crippen molar-refractivity contribution in [1.29, 1.82) is 0 Å². The molecule has 1 unspecified atom stereocenters. The highest BCUT2D eigenvalue weighted by Gasteiger charge is 2.47. The smallest absolute Gasteiger partial charge is 0.300 e. The molecule has 1 heterocycles. The zero-order chi connectivity index (χ0) is 24.7. The van der Waals surface area contributed by atoms with E-state index in [0.717, 1.165) is 27.6 Å². The summed E-state index contributed by atoms with van der Waals surface area (Å²) in [4.78, 5) is 30.3. The molecular weight excluding hydrogens is 436 g/mol. The number of hydrogen-bond donors (Lipinski definition) is 1. The minimum absolute atomic E-state index is 0.0890. The van der Waals surface area contributed by atoms with Gasteiger partial charge in [-0.3, -0.25) is 14.5 Å². The molecule has 0 aliphatic carbocycles. The van der Waals surface area contributed by atoms with E-state index in [2.05, 4.69) is 0 Å². The lowest BCUT2D eigenvalue weighted by Crippen LogP contribution is -2.30. The number of aliphatic hydroxyl groups is 1. The van der Waals surface area contributed by atoms with E-state index >= 15 is 0 Å². The van der Waals surface area contributed by atoms with Crippen LogP contribution in [0.1, 0.15) is 22.7 Å². The molecule has 5 rings (SSSR count). The Morgan fingerprint density at radius 1 is 0.829 bits per heavy atom. The molecular formula is C30H26N2O3. The Hall–Kier alpha value is -4.38. The number of nitrogens with zero attached hydrogens (tertiary/aromatic N) is 2. The zero-order valence-electron chi connectivity index (χ0n) is 19.9. The first-order chi connectivity index (χ1) is 16.9. The highest BCUT2D eigenvalue weighted by atomic mass is 16.3. The summed E-state index contributed by atoms with van der Waals surface area (Å²) in [7, 11) is 3.91. The van der Waals surface area contributed by atoms with Gasteiger partial charge in [0.1, 0.15) is 5.76 Å². The van der Waals surface area contributed by atoms with E-state index in [1.54, 1.807) is 6.07 Å². The molecule has 1 fully saturated rings. The number of aliphatic hydroxyl groups excluding tert-OH is 1. The molecule has 1 atom stereocenters. The normalized spacial score (nSPS) is 17.2. The molecule has 35 heavy (non-hydrogen) atoms. The molecule has 4 aromatic carbocycles. The van der Waals surface area contributed by atoms with Crippen LogP contribution in [0.2, 0.25) is 0 Å². The van der Waals surface area contributed by atoms with Crippen LogP contribution in [0.4, 0.5) is 11.4 Å². The van der Waals surface area contributed by atoms with Crippen LogP contribution >= 0.6 is 0 Å². The molecule has 0 saturated carbocycles. The lowest BCUT2D eigenvalue weighted by molar-refractivity contribution is -0.132. The van der Waals surface area contributed by atoms with Crippen molar-refractivity contribution in [1.82, 2.24) is 0 Å². The quantitative estimate of drug-likeness (QED) is 0.235. The molecule has 1 saturated heterocycles. The van der Waals surface area contributed by atoms with Crippen molar-refractivity contribution in [3.63, 3.8) is 0 Å². The number of carbonyl (C=O) groups excluding carboxylic acids is 2. The van der Waals surface area contributed by atoms with Gasteiger partial charge in [-0.05, 0) is 53.1 Å². The molecule has 174 valence electrons. The van der Waals surface area contributed by atoms with Crippen molar-refractivity contribution in [2.45, 2.75) is 13.0 Å². The summed E-state index contributed by atoms with van der Waals surface area (Å²) in [5, 5.41) is 13.4. The SMILES string of the molecule is Cc1ccccc1N1C(=O)C(=O)/C(=C(\O)c2ccc3ccccc3c2)C1c1ccc(N(C)C)cc1. The molecule has 0 bridgehead atoms. The van der Waals surface area contributed by atoms with Gasteiger partial charge in [0.05, 0.1) is 11.6 Å². The highest BCUT2D eigenvalue weighted by molar-refractivity contribution is 6.51. The lowest BCUT2D eigenvalue weighted by atomic mass is 9.94. The van der Waals surface area contributed by atoms with E-state index in [-0.39, 0.29) is 11.3 Å². The second kappa shape index (κ2) is 8.76. The van der Waals surface area contributed by atoms with Gasteiger partial charge in [-0.2, -0.15) is 0 Å². The minimum atomic E-state index is -0.751. The van der Waals surface area contributed by atoms with Crippen LogP contribution in [0, 0.1) is 6.92 Å². The summed E-state index contributed by atoms with van der Waals surface area (Å²) in [6.07, 6.45) is 0. The van der Waals surface area contributed by atoms with Crippen LogP contribution in [-0.2, 0) is 9.59 Å². The summed E-state index contributed by atoms with van der Waals surface area (Å²) in [6, 6.07) is 27.8. The Bertz CT molecular complexity index is 1490. The topological polar surface area (TPSA) is 60.9 Å². The van der Waals surface area contributed by atoms with E-state index in [1.165, 1.54) is 4.90 Å². The third-order valence-corrected chi connectivity index (χ3v) is 6.57. The number of carbonyl (C=O) groups is 2. The summed E-state index contributed by atoms with van der Waals surface area (Å²) in [6.45, 7) is 1.91. The van der Waals surface area contributed by atoms with Gasteiger partial charge < -0.3 is 10.0 Å². The number of para-hydroxylation sites is 1. The Kier molecular flexibility index (Phi) is 5.61. The molecule has 0 spiro atoms. The maximum atomic E-state index is 13.4. The predicted molar refractivity (Wildman–Crippen MR) is 141 cm³/mol. The molecule has 1 amide bonds. The Balaban J connectivity index is 1.73. The maximum Gasteiger partial charge on any atom is 0.300 e. The highest BCUT2D eigenvalue weighted by Crippen LogP contribution is 2.43. The van der Waals surface area contributed by atoms with Crippen molar-refractivity contribution >= 4 is 39.6 Å². The van der Waals surface area contributed by atoms with Gasteiger partial charge in [-0.25, -0.2) is 0 Å². The van der Waals surface area contributed by atoms with Crippen molar-refractivity contribution < 1.29 is 14.7 Å². The number of Topliss-reactive ketones (excluding diaryl/α,β-unsaturated/α-hetero) is 1. The fraction of sp³-hybridized carbons (Fsp3) is 0.133. The van der Waals surface area contributed by atoms with Gasteiger partial charge in [0.15, 0.2) is 0 Å². The third-order valence-electron chi connectivity index (χ3n) is 6.57. The van der Waals surface area contributed by atoms with Gasteiger partial charge in [0, 0.05) is 31.0 Å². The lowest BCUT2D eigenvalue weighted by Gasteiger charge is -2.27. The number of fused-ring (bicyclic) bond motifs is 1. The van der Waals surface area contributed by atoms with Gasteiger partial charge in [-0.1, -0.05) is 66.7 Å². The number of anilines is 2. The molecule has 1 N–H and O–H groups in total. The molecule has 4 aromatic rings. The number of amides is 1. The molecule has 0 aromatic heterocycles. The van der Waals surface area contributed by atoms with E-state index in [0.29, 0.717) is 11.3 Å². The first-order valence-electron chi connectivity index (χ1n) is 11.5. The molecule has 5 nitrogen and oxygen atoms in total. The first kappa shape index (κ1) is 22.4. The van der Waals surface area contributed by atoms with Gasteiger partial charge in [-0.15, -0.1) is 0 Å². The van der Waals surface area contributed by atoms with Crippen LogP contribution in [0.5, 0.6) is 0 Å². The van der Waals surface area contributed by atoms with E-state index in [1.807, 2.05) is 111 Å². The monoisotopic (exact) mass is 462 g/mol. The average Bonchev–Trinajstić information content (AvgIpc) is 3.13. The van der Waals surface area contributed by atoms with Crippen molar-refractivity contribution in [3.05, 3.63) is 113 Å². The van der Waals surface area contributed by atoms with Crippen molar-refractivity contribution in [2.24, 2.45) is 0 Å². The Morgan fingerprint density at radius 3 is 2.17 bits per heavy atom. The van der Waals surface area contributed by atoms with Crippen molar-refractivity contribution in [2.75, 3.05) is 23.9 Å². The van der Waals surface area contributed by atoms with Crippen LogP contribution < -0.4 is 9.80 Å². The predicted octanol–water partition coefficient (Wildman–Crippen LogP) is 5.84. The van der Waals surface area contributed by atoms with Crippen LogP contribution in [0.3, 0.4) is 0 Å². The maximum absolute atomic E-state index is 13.4. The summed E-state index contributed by atoms with van der Waals surface area (Å²) < 4.78 is 0. The van der Waals surface area contributed by atoms with E-state index in [4.69, 9.17) is 0 Å². The number of rotatable bonds is 4. The van der Waals surface area contributed by atoms with Crippen molar-refractivity contribution in [3.8, 4) is 0 Å². The standard InChI is InChI=1S/C30H26N2O3/c1-19-8-4-7-11-25(19)32-27(21-14-16-24(17-15-21)31(2)3)26(29(34)30(32)35)28(33)23-13-12-20-9-5-6-10-22(20)18-23/h4-18,27,33H,1-3H3/b28-26-. The Labute approximate surface area is 204 Å². The molecule has 1 aliphatic heterocycles. The molecule has 0 radical (unpaired) electrons. The van der Waals surface area contributed by atoms with Gasteiger partial charge in [0.25, 0.3) is 11.7 Å². The van der Waals surface area contributed by atoms with Crippen LogP contribution in [-0.4, -0.2) is 30.9 Å². The third kappa shape index (κ3) is 3.85. The number of ketones is 1. The fourth-order valence-corrected chi connectivity index (χ4v) is 4.68. The second-order valence-electron chi connectivity index (χ2n) is 9.00. The second-order valence-corrected chi connectivity index (χ2v) is 9.00. The average molecular weight is 463 g/mol. The van der Waals surface area contributed by atoms with Gasteiger partial charge in [0.2, 0.25) is 0 Å². The fourth-order valence-electron chi connectivity index (χ4n) is 4.68. The molecule has 1 aliphatic rings. The first-order valence-corrected chi connectivity index (χ1v) is 11.5. The minimum Gasteiger partial charge on any atom is -0.507 e. The van der Waals surface area contributed by atoms with E-state index < -0.39 is 17.7 Å². The number of benzene rings is 4. The van der Waals surface area contributed by atoms with Crippen LogP contribution in [0.25, 0.3) is 16.5 Å². The summed E-state index contributed by atoms with van der Waals surface area (Å²) in [5.41, 5.74) is 3.85. The number of hydrogen-bond acceptors (Lipinski definition) is 4. The Morgan fingerprint density at radius 2 is 1.49 bits per heavy atom. The zero-order valence-corrected chi connectivity index (χ0v) is 19.9. The summed E-state index contributed by atoms with van der Waals surface area (Å²) in [5.74, 6) is -1.52. The van der Waals surface area contributed by atoms with Gasteiger partial charge >= 0.3 is 0 Å². The number of aryl methyl sites for hydroxylation is 1. The van der Waals surface area contributed by atoms with Crippen LogP contribution in [0.15, 0.2) is 96.6 Å². The molecule has 5 heteroatoms. The van der Waals surface area contributed by atoms with E-state index in [9.17, 15) is 14.7 Å². The largest absolute Gasteiger partial charge is 0.507 e. The summed E-state index contributed by atoms with van der Waals surface area (Å²) >= 11 is 0.